The number of para-hydroxylation sites is 1. The molecule has 1 aromatic heterocycles. The topological polar surface area (TPSA) is 59.1 Å². The first-order chi connectivity index (χ1) is 14.7. The number of aromatic nitrogens is 1. The number of thioether (sulfide) groups is 1. The van der Waals surface area contributed by atoms with Crippen LogP contribution in [0, 0.1) is 0 Å². The maximum absolute atomic E-state index is 12.8. The van der Waals surface area contributed by atoms with E-state index in [1.54, 1.807) is 36.4 Å². The summed E-state index contributed by atoms with van der Waals surface area (Å²) in [5, 5.41) is 4.86. The molecule has 6 heteroatoms. The Morgan fingerprint density at radius 3 is 2.30 bits per heavy atom. The van der Waals surface area contributed by atoms with Crippen LogP contribution < -0.4 is 5.32 Å². The summed E-state index contributed by atoms with van der Waals surface area (Å²) in [4.78, 5) is 29.9. The quantitative estimate of drug-likeness (QED) is 0.299. The molecule has 4 rings (SSSR count). The maximum atomic E-state index is 12.8. The van der Waals surface area contributed by atoms with Gasteiger partial charge in [0.1, 0.15) is 0 Å². The van der Waals surface area contributed by atoms with E-state index in [4.69, 9.17) is 0 Å². The van der Waals surface area contributed by atoms with Gasteiger partial charge in [-0.05, 0) is 12.1 Å². The Bertz CT molecular complexity index is 1160. The summed E-state index contributed by atoms with van der Waals surface area (Å²) in [6.07, 6.45) is 0. The Kier molecular flexibility index (Phi) is 6.37. The molecule has 0 saturated heterocycles. The van der Waals surface area contributed by atoms with Crippen LogP contribution in [0.2, 0.25) is 0 Å². The third kappa shape index (κ3) is 4.84. The van der Waals surface area contributed by atoms with Crippen molar-refractivity contribution in [2.24, 2.45) is 0 Å². The fourth-order valence-corrected chi connectivity index (χ4v) is 4.55. The monoisotopic (exact) mass is 430 g/mol. The third-order valence-electron chi connectivity index (χ3n) is 4.36. The molecule has 0 aliphatic heterocycles. The zero-order valence-corrected chi connectivity index (χ0v) is 17.6. The predicted octanol–water partition coefficient (Wildman–Crippen LogP) is 5.77. The normalized spacial score (nSPS) is 10.5. The van der Waals surface area contributed by atoms with E-state index in [2.05, 4.69) is 10.3 Å². The number of benzene rings is 3. The van der Waals surface area contributed by atoms with E-state index in [1.165, 1.54) is 23.1 Å². The summed E-state index contributed by atoms with van der Waals surface area (Å²) in [5.74, 6) is -0.0772. The minimum Gasteiger partial charge on any atom is -0.325 e. The highest BCUT2D eigenvalue weighted by atomic mass is 32.2. The molecule has 30 heavy (non-hydrogen) atoms. The summed E-state index contributed by atoms with van der Waals surface area (Å²) in [6.45, 7) is 0. The van der Waals surface area contributed by atoms with Gasteiger partial charge in [-0.25, -0.2) is 4.98 Å². The molecule has 1 heterocycles. The molecule has 0 unspecified atom stereocenters. The first kappa shape index (κ1) is 20.1. The minimum absolute atomic E-state index is 0.119. The summed E-state index contributed by atoms with van der Waals surface area (Å²) in [6, 6.07) is 26.1. The van der Waals surface area contributed by atoms with Gasteiger partial charge in [-0.1, -0.05) is 84.6 Å². The van der Waals surface area contributed by atoms with Crippen molar-refractivity contribution < 1.29 is 9.59 Å². The van der Waals surface area contributed by atoms with Gasteiger partial charge in [0.05, 0.1) is 17.1 Å². The Balaban J connectivity index is 1.41. The Morgan fingerprint density at radius 1 is 0.867 bits per heavy atom. The average molecular weight is 431 g/mol. The second-order valence-corrected chi connectivity index (χ2v) is 8.52. The van der Waals surface area contributed by atoms with Gasteiger partial charge in [-0.2, -0.15) is 0 Å². The van der Waals surface area contributed by atoms with Crippen LogP contribution in [0.5, 0.6) is 0 Å². The number of rotatable bonds is 7. The number of nitrogens with zero attached hydrogens (tertiary/aromatic N) is 1. The van der Waals surface area contributed by atoms with Gasteiger partial charge < -0.3 is 5.32 Å². The predicted molar refractivity (Wildman–Crippen MR) is 123 cm³/mol. The largest absolute Gasteiger partial charge is 0.325 e. The van der Waals surface area contributed by atoms with E-state index in [-0.39, 0.29) is 17.4 Å². The van der Waals surface area contributed by atoms with Crippen molar-refractivity contribution in [1.29, 1.82) is 0 Å². The van der Waals surface area contributed by atoms with Crippen LogP contribution in [-0.2, 0) is 4.79 Å². The van der Waals surface area contributed by atoms with E-state index in [9.17, 15) is 9.59 Å². The maximum Gasteiger partial charge on any atom is 0.234 e. The fourth-order valence-electron chi connectivity index (χ4n) is 2.91. The lowest BCUT2D eigenvalue weighted by Gasteiger charge is -2.10. The van der Waals surface area contributed by atoms with Crippen molar-refractivity contribution in [3.8, 4) is 11.3 Å². The van der Waals surface area contributed by atoms with E-state index in [1.807, 2.05) is 53.9 Å². The summed E-state index contributed by atoms with van der Waals surface area (Å²) < 4.78 is 0.831. The minimum atomic E-state index is -0.176. The van der Waals surface area contributed by atoms with Crippen molar-refractivity contribution in [2.45, 2.75) is 4.34 Å². The lowest BCUT2D eigenvalue weighted by atomic mass is 10.0. The highest BCUT2D eigenvalue weighted by molar-refractivity contribution is 8.01. The Labute approximate surface area is 183 Å². The van der Waals surface area contributed by atoms with E-state index in [0.29, 0.717) is 16.8 Å². The van der Waals surface area contributed by atoms with Crippen LogP contribution in [0.25, 0.3) is 11.3 Å². The van der Waals surface area contributed by atoms with Crippen LogP contribution >= 0.6 is 23.1 Å². The molecule has 1 amide bonds. The highest BCUT2D eigenvalue weighted by Crippen LogP contribution is 2.28. The van der Waals surface area contributed by atoms with Gasteiger partial charge in [-0.15, -0.1) is 11.3 Å². The summed E-state index contributed by atoms with van der Waals surface area (Å²) in [7, 11) is 0. The number of carbonyl (C=O) groups is 2. The second kappa shape index (κ2) is 9.52. The highest BCUT2D eigenvalue weighted by Gasteiger charge is 2.15. The molecule has 0 bridgehead atoms. The molecular formula is C24H18N2O2S2. The number of amides is 1. The second-order valence-electron chi connectivity index (χ2n) is 6.44. The summed E-state index contributed by atoms with van der Waals surface area (Å²) >= 11 is 2.90. The molecule has 0 spiro atoms. The molecule has 0 aliphatic rings. The fraction of sp³-hybridized carbons (Fsp3) is 0.0417. The lowest BCUT2D eigenvalue weighted by Crippen LogP contribution is -2.16. The SMILES string of the molecule is O=C(CSc1nc(-c2ccccc2)cs1)Nc1ccccc1C(=O)c1ccccc1. The molecule has 3 aromatic carbocycles. The van der Waals surface area contributed by atoms with Gasteiger partial charge in [0.15, 0.2) is 10.1 Å². The molecule has 148 valence electrons. The Hall–Kier alpha value is -3.22. The van der Waals surface area contributed by atoms with Crippen LogP contribution in [0.4, 0.5) is 5.69 Å². The van der Waals surface area contributed by atoms with Gasteiger partial charge >= 0.3 is 0 Å². The molecule has 0 saturated carbocycles. The number of carbonyl (C=O) groups excluding carboxylic acids is 2. The molecule has 0 fully saturated rings. The summed E-state index contributed by atoms with van der Waals surface area (Å²) in [5.41, 5.74) is 3.54. The average Bonchev–Trinajstić information content (AvgIpc) is 3.28. The number of hydrogen-bond donors (Lipinski definition) is 1. The number of anilines is 1. The number of thiazole rings is 1. The smallest absolute Gasteiger partial charge is 0.234 e. The zero-order chi connectivity index (χ0) is 20.8. The van der Waals surface area contributed by atoms with Gasteiger partial charge in [0.25, 0.3) is 0 Å². The van der Waals surface area contributed by atoms with Crippen molar-refractivity contribution in [3.05, 3.63) is 101 Å². The van der Waals surface area contributed by atoms with E-state index >= 15 is 0 Å². The Morgan fingerprint density at radius 2 is 1.53 bits per heavy atom. The van der Waals surface area contributed by atoms with Crippen molar-refractivity contribution >= 4 is 40.5 Å². The molecule has 4 aromatic rings. The molecule has 0 radical (unpaired) electrons. The first-order valence-corrected chi connectivity index (χ1v) is 11.2. The standard InChI is InChI=1S/C24H18N2O2S2/c27-22(16-30-24-26-21(15-29-24)17-9-3-1-4-10-17)25-20-14-8-7-13-19(20)23(28)18-11-5-2-6-12-18/h1-15H,16H2,(H,25,27). The zero-order valence-electron chi connectivity index (χ0n) is 15.9. The number of nitrogens with one attached hydrogen (secondary N) is 1. The van der Waals surface area contributed by atoms with Crippen LogP contribution in [0.1, 0.15) is 15.9 Å². The van der Waals surface area contributed by atoms with E-state index < -0.39 is 0 Å². The molecule has 0 atom stereocenters. The molecule has 0 aliphatic carbocycles. The van der Waals surface area contributed by atoms with Crippen molar-refractivity contribution in [3.63, 3.8) is 0 Å². The molecular weight excluding hydrogens is 412 g/mol. The van der Waals surface area contributed by atoms with Crippen LogP contribution in [0.3, 0.4) is 0 Å². The van der Waals surface area contributed by atoms with Crippen LogP contribution in [-0.4, -0.2) is 22.4 Å². The van der Waals surface area contributed by atoms with Gasteiger partial charge in [-0.3, -0.25) is 9.59 Å². The van der Waals surface area contributed by atoms with Crippen molar-refractivity contribution in [2.75, 3.05) is 11.1 Å². The van der Waals surface area contributed by atoms with Gasteiger partial charge in [0, 0.05) is 22.1 Å². The van der Waals surface area contributed by atoms with E-state index in [0.717, 1.165) is 15.6 Å². The van der Waals surface area contributed by atoms with Crippen molar-refractivity contribution in [1.82, 2.24) is 4.98 Å². The van der Waals surface area contributed by atoms with Crippen LogP contribution in [0.15, 0.2) is 94.6 Å². The number of ketones is 1. The molecule has 1 N–H and O–H groups in total. The van der Waals surface area contributed by atoms with Gasteiger partial charge in [0.2, 0.25) is 5.91 Å². The molecule has 4 nitrogen and oxygen atoms in total. The lowest BCUT2D eigenvalue weighted by molar-refractivity contribution is -0.113. The first-order valence-electron chi connectivity index (χ1n) is 9.33. The number of hydrogen-bond acceptors (Lipinski definition) is 5. The third-order valence-corrected chi connectivity index (χ3v) is 6.38.